The number of hydrogen-bond acceptors (Lipinski definition) is 2. The van der Waals surface area contributed by atoms with Gasteiger partial charge in [-0.25, -0.2) is 9.59 Å². The van der Waals surface area contributed by atoms with E-state index < -0.39 is 12.0 Å². The van der Waals surface area contributed by atoms with Gasteiger partial charge in [-0.3, -0.25) is 0 Å². The second kappa shape index (κ2) is 8.49. The van der Waals surface area contributed by atoms with Gasteiger partial charge in [0.1, 0.15) is 0 Å². The molecule has 5 nitrogen and oxygen atoms in total. The Kier molecular flexibility index (Phi) is 5.64. The maximum absolute atomic E-state index is 12.2. The Balaban J connectivity index is 1.76. The Bertz CT molecular complexity index is 908. The van der Waals surface area contributed by atoms with Crippen molar-refractivity contribution < 1.29 is 14.7 Å². The topological polar surface area (TPSA) is 78.4 Å². The fourth-order valence-corrected chi connectivity index (χ4v) is 2.57. The molecule has 0 spiro atoms. The lowest BCUT2D eigenvalue weighted by atomic mass is 9.99. The molecular weight excluding hydrogens is 340 g/mol. The van der Waals surface area contributed by atoms with E-state index in [4.69, 9.17) is 5.11 Å². The summed E-state index contributed by atoms with van der Waals surface area (Å²) < 4.78 is 0. The van der Waals surface area contributed by atoms with Gasteiger partial charge in [0.25, 0.3) is 0 Å². The zero-order valence-corrected chi connectivity index (χ0v) is 14.4. The van der Waals surface area contributed by atoms with E-state index in [-0.39, 0.29) is 5.56 Å². The van der Waals surface area contributed by atoms with Gasteiger partial charge < -0.3 is 15.7 Å². The van der Waals surface area contributed by atoms with Gasteiger partial charge in [-0.15, -0.1) is 0 Å². The van der Waals surface area contributed by atoms with Crippen molar-refractivity contribution in [2.75, 3.05) is 5.32 Å². The van der Waals surface area contributed by atoms with Crippen LogP contribution in [0, 0.1) is 0 Å². The average molecular weight is 358 g/mol. The molecule has 0 aromatic heterocycles. The Morgan fingerprint density at radius 1 is 0.704 bits per heavy atom. The molecule has 134 valence electrons. The minimum atomic E-state index is -1.01. The molecule has 0 fully saturated rings. The smallest absolute Gasteiger partial charge is 0.335 e. The van der Waals surface area contributed by atoms with Crippen LogP contribution in [0.3, 0.4) is 0 Å². The lowest BCUT2D eigenvalue weighted by Crippen LogP contribution is -2.24. The second-order valence-electron chi connectivity index (χ2n) is 5.77. The van der Waals surface area contributed by atoms with Gasteiger partial charge in [-0.05, 0) is 35.4 Å². The van der Waals surface area contributed by atoms with Crippen molar-refractivity contribution >= 4 is 23.3 Å². The van der Waals surface area contributed by atoms with Crippen molar-refractivity contribution in [1.29, 1.82) is 0 Å². The van der Waals surface area contributed by atoms with Crippen molar-refractivity contribution in [2.24, 2.45) is 0 Å². The predicted molar refractivity (Wildman–Crippen MR) is 106 cm³/mol. The number of urea groups is 1. The van der Waals surface area contributed by atoms with Gasteiger partial charge in [0.2, 0.25) is 0 Å². The number of carbonyl (C=O) groups is 2. The number of carboxylic acid groups (broad SMARTS) is 1. The van der Waals surface area contributed by atoms with Crippen molar-refractivity contribution in [1.82, 2.24) is 5.32 Å². The highest BCUT2D eigenvalue weighted by molar-refractivity contribution is 5.93. The van der Waals surface area contributed by atoms with E-state index in [0.717, 1.165) is 16.7 Å². The minimum Gasteiger partial charge on any atom is -0.478 e. The van der Waals surface area contributed by atoms with E-state index in [1.807, 2.05) is 60.7 Å². The van der Waals surface area contributed by atoms with Crippen LogP contribution in [-0.2, 0) is 0 Å². The molecule has 0 radical (unpaired) electrons. The Morgan fingerprint density at radius 3 is 1.70 bits per heavy atom. The summed E-state index contributed by atoms with van der Waals surface area (Å²) in [5.74, 6) is -1.01. The zero-order valence-electron chi connectivity index (χ0n) is 14.4. The zero-order chi connectivity index (χ0) is 19.1. The largest absolute Gasteiger partial charge is 0.478 e. The number of amides is 2. The number of carboxylic acids is 1. The molecular formula is C22H18N2O3. The Morgan fingerprint density at radius 2 is 1.22 bits per heavy atom. The summed E-state index contributed by atoms with van der Waals surface area (Å²) in [5.41, 5.74) is 3.51. The average Bonchev–Trinajstić information content (AvgIpc) is 2.70. The molecule has 3 rings (SSSR count). The number of benzene rings is 3. The van der Waals surface area contributed by atoms with Crippen molar-refractivity contribution in [3.05, 3.63) is 108 Å². The molecule has 0 saturated heterocycles. The lowest BCUT2D eigenvalue weighted by Gasteiger charge is -2.10. The van der Waals surface area contributed by atoms with E-state index in [1.165, 1.54) is 12.1 Å². The first-order valence-electron chi connectivity index (χ1n) is 8.35. The van der Waals surface area contributed by atoms with Gasteiger partial charge in [-0.1, -0.05) is 60.7 Å². The van der Waals surface area contributed by atoms with Crippen LogP contribution in [0.1, 0.15) is 21.5 Å². The fraction of sp³-hybridized carbons (Fsp3) is 0. The number of hydrogen-bond donors (Lipinski definition) is 3. The van der Waals surface area contributed by atoms with Crippen LogP contribution in [0.4, 0.5) is 10.5 Å². The molecule has 27 heavy (non-hydrogen) atoms. The van der Waals surface area contributed by atoms with Crippen LogP contribution < -0.4 is 10.6 Å². The molecule has 0 heterocycles. The van der Waals surface area contributed by atoms with Gasteiger partial charge >= 0.3 is 12.0 Å². The summed E-state index contributed by atoms with van der Waals surface area (Å²) in [6.07, 6.45) is 1.66. The summed E-state index contributed by atoms with van der Waals surface area (Å²) in [6.45, 7) is 0. The monoisotopic (exact) mass is 358 g/mol. The van der Waals surface area contributed by atoms with Crippen LogP contribution >= 0.6 is 0 Å². The van der Waals surface area contributed by atoms with E-state index in [9.17, 15) is 9.59 Å². The Labute approximate surface area is 157 Å². The molecule has 3 aromatic carbocycles. The fourth-order valence-electron chi connectivity index (χ4n) is 2.57. The molecule has 0 bridgehead atoms. The van der Waals surface area contributed by atoms with Crippen molar-refractivity contribution in [2.45, 2.75) is 0 Å². The highest BCUT2D eigenvalue weighted by Crippen LogP contribution is 2.22. The number of nitrogens with one attached hydrogen (secondary N) is 2. The maximum Gasteiger partial charge on any atom is 0.335 e. The highest BCUT2D eigenvalue weighted by atomic mass is 16.4. The quantitative estimate of drug-likeness (QED) is 0.624. The molecule has 5 heteroatoms. The normalized spacial score (nSPS) is 9.93. The van der Waals surface area contributed by atoms with Gasteiger partial charge in [0, 0.05) is 17.5 Å². The summed E-state index contributed by atoms with van der Waals surface area (Å²) in [4.78, 5) is 23.1. The molecule has 3 aromatic rings. The molecule has 2 amide bonds. The standard InChI is InChI=1S/C22H18N2O3/c25-21(26)18-11-13-19(14-12-18)24-22(27)23-15-20(16-7-3-1-4-8-16)17-9-5-2-6-10-17/h1-15H,(H,25,26)(H2,23,24,27). The second-order valence-corrected chi connectivity index (χ2v) is 5.77. The van der Waals surface area contributed by atoms with Gasteiger partial charge in [0.15, 0.2) is 0 Å². The van der Waals surface area contributed by atoms with E-state index >= 15 is 0 Å². The number of anilines is 1. The number of aromatic carboxylic acids is 1. The minimum absolute atomic E-state index is 0.163. The van der Waals surface area contributed by atoms with Crippen LogP contribution in [0.5, 0.6) is 0 Å². The third kappa shape index (κ3) is 4.83. The van der Waals surface area contributed by atoms with Crippen LogP contribution in [-0.4, -0.2) is 17.1 Å². The highest BCUT2D eigenvalue weighted by Gasteiger charge is 2.07. The summed E-state index contributed by atoms with van der Waals surface area (Å²) in [7, 11) is 0. The Hall–Kier alpha value is -3.86. The van der Waals surface area contributed by atoms with Gasteiger partial charge in [-0.2, -0.15) is 0 Å². The number of rotatable bonds is 5. The molecule has 3 N–H and O–H groups in total. The first-order valence-corrected chi connectivity index (χ1v) is 8.35. The summed E-state index contributed by atoms with van der Waals surface area (Å²) >= 11 is 0. The molecule has 0 atom stereocenters. The number of carbonyl (C=O) groups excluding carboxylic acids is 1. The van der Waals surface area contributed by atoms with Gasteiger partial charge in [0.05, 0.1) is 5.56 Å². The van der Waals surface area contributed by atoms with E-state index in [1.54, 1.807) is 18.3 Å². The molecule has 0 saturated carbocycles. The summed E-state index contributed by atoms with van der Waals surface area (Å²) in [6, 6.07) is 25.1. The first-order chi connectivity index (χ1) is 13.1. The molecule has 0 aliphatic heterocycles. The summed E-state index contributed by atoms with van der Waals surface area (Å²) in [5, 5.41) is 14.3. The third-order valence-electron chi connectivity index (χ3n) is 3.91. The van der Waals surface area contributed by atoms with E-state index in [0.29, 0.717) is 5.69 Å². The van der Waals surface area contributed by atoms with Crippen LogP contribution in [0.25, 0.3) is 5.57 Å². The maximum atomic E-state index is 12.2. The van der Waals surface area contributed by atoms with Crippen LogP contribution in [0.15, 0.2) is 91.1 Å². The SMILES string of the molecule is O=C(NC=C(c1ccccc1)c1ccccc1)Nc1ccc(C(=O)O)cc1. The van der Waals surface area contributed by atoms with Crippen LogP contribution in [0.2, 0.25) is 0 Å². The van der Waals surface area contributed by atoms with Crippen molar-refractivity contribution in [3.63, 3.8) is 0 Å². The lowest BCUT2D eigenvalue weighted by molar-refractivity contribution is 0.0697. The third-order valence-corrected chi connectivity index (χ3v) is 3.91. The molecule has 0 aliphatic rings. The first kappa shape index (κ1) is 17.9. The van der Waals surface area contributed by atoms with E-state index in [2.05, 4.69) is 10.6 Å². The van der Waals surface area contributed by atoms with Crippen molar-refractivity contribution in [3.8, 4) is 0 Å². The molecule has 0 aliphatic carbocycles. The predicted octanol–water partition coefficient (Wildman–Crippen LogP) is 4.60. The molecule has 0 unspecified atom stereocenters.